The van der Waals surface area contributed by atoms with Crippen molar-refractivity contribution in [1.82, 2.24) is 9.78 Å². The van der Waals surface area contributed by atoms with Gasteiger partial charge in [0, 0.05) is 13.2 Å². The Morgan fingerprint density at radius 1 is 1.73 bits per heavy atom. The molecule has 1 rings (SSSR count). The van der Waals surface area contributed by atoms with Crippen LogP contribution < -0.4 is 4.74 Å². The highest BCUT2D eigenvalue weighted by Crippen LogP contribution is 2.14. The van der Waals surface area contributed by atoms with Gasteiger partial charge in [-0.3, -0.25) is 4.68 Å². The van der Waals surface area contributed by atoms with E-state index in [2.05, 4.69) is 5.10 Å². The summed E-state index contributed by atoms with van der Waals surface area (Å²) in [5, 5.41) is 12.8. The van der Waals surface area contributed by atoms with Crippen molar-refractivity contribution in [3.8, 4) is 5.88 Å². The Balaban J connectivity index is 2.83. The van der Waals surface area contributed by atoms with E-state index in [4.69, 9.17) is 9.84 Å². The summed E-state index contributed by atoms with van der Waals surface area (Å²) in [5.74, 6) is 0.525. The first-order valence-corrected chi connectivity index (χ1v) is 3.54. The lowest BCUT2D eigenvalue weighted by atomic mass is 10.4. The molecule has 0 radical (unpaired) electrons. The van der Waals surface area contributed by atoms with Crippen LogP contribution in [0.3, 0.4) is 0 Å². The predicted octanol–water partition coefficient (Wildman–Crippen LogP) is 0.311. The minimum Gasteiger partial charge on any atom is -0.477 e. The van der Waals surface area contributed by atoms with Crippen molar-refractivity contribution in [2.45, 2.75) is 13.5 Å². The second-order valence-corrected chi connectivity index (χ2v) is 2.22. The predicted molar refractivity (Wildman–Crippen MR) is 40.3 cm³/mol. The monoisotopic (exact) mass is 156 g/mol. The molecular formula is C7H12N2O2. The Kier molecular flexibility index (Phi) is 2.48. The van der Waals surface area contributed by atoms with Gasteiger partial charge in [0.25, 0.3) is 0 Å². The van der Waals surface area contributed by atoms with Crippen LogP contribution in [0.4, 0.5) is 0 Å². The molecule has 0 aliphatic heterocycles. The fourth-order valence-electron chi connectivity index (χ4n) is 0.884. The maximum atomic E-state index is 8.83. The molecule has 0 aliphatic carbocycles. The number of ether oxygens (including phenoxy) is 1. The molecule has 0 saturated carbocycles. The van der Waals surface area contributed by atoms with Crippen LogP contribution in [-0.4, -0.2) is 21.5 Å². The molecular weight excluding hydrogens is 144 g/mol. The summed E-state index contributed by atoms with van der Waals surface area (Å²) in [4.78, 5) is 0. The summed E-state index contributed by atoms with van der Waals surface area (Å²) in [5.41, 5.74) is 0.731. The SMILES string of the molecule is CCOc1nn(C)cc1CO. The summed E-state index contributed by atoms with van der Waals surface area (Å²) in [7, 11) is 1.79. The molecule has 4 nitrogen and oxygen atoms in total. The van der Waals surface area contributed by atoms with Crippen molar-refractivity contribution in [3.63, 3.8) is 0 Å². The lowest BCUT2D eigenvalue weighted by Crippen LogP contribution is -1.95. The quantitative estimate of drug-likeness (QED) is 0.685. The highest BCUT2D eigenvalue weighted by Gasteiger charge is 2.05. The minimum atomic E-state index is -0.0246. The number of nitrogens with zero attached hydrogens (tertiary/aromatic N) is 2. The molecule has 0 amide bonds. The summed E-state index contributed by atoms with van der Waals surface area (Å²) in [6.45, 7) is 2.43. The van der Waals surface area contributed by atoms with Gasteiger partial charge in [-0.15, -0.1) is 5.10 Å². The van der Waals surface area contributed by atoms with E-state index in [0.29, 0.717) is 12.5 Å². The van der Waals surface area contributed by atoms with Gasteiger partial charge in [-0.25, -0.2) is 0 Å². The van der Waals surface area contributed by atoms with Crippen LogP contribution in [0.1, 0.15) is 12.5 Å². The molecule has 0 bridgehead atoms. The summed E-state index contributed by atoms with van der Waals surface area (Å²) in [6.07, 6.45) is 1.74. The first-order valence-electron chi connectivity index (χ1n) is 3.54. The fraction of sp³-hybridized carbons (Fsp3) is 0.571. The van der Waals surface area contributed by atoms with Crippen LogP contribution in [-0.2, 0) is 13.7 Å². The van der Waals surface area contributed by atoms with Crippen LogP contribution in [0, 0.1) is 0 Å². The topological polar surface area (TPSA) is 47.3 Å². The van der Waals surface area contributed by atoms with E-state index < -0.39 is 0 Å². The number of rotatable bonds is 3. The van der Waals surface area contributed by atoms with E-state index in [1.807, 2.05) is 6.92 Å². The zero-order chi connectivity index (χ0) is 8.27. The summed E-state index contributed by atoms with van der Waals surface area (Å²) in [6, 6.07) is 0. The summed E-state index contributed by atoms with van der Waals surface area (Å²) >= 11 is 0. The lowest BCUT2D eigenvalue weighted by molar-refractivity contribution is 0.265. The molecule has 4 heteroatoms. The van der Waals surface area contributed by atoms with Gasteiger partial charge in [-0.2, -0.15) is 0 Å². The first kappa shape index (κ1) is 8.07. The molecule has 1 aromatic heterocycles. The standard InChI is InChI=1S/C7H12N2O2/c1-3-11-7-6(5-10)4-9(2)8-7/h4,10H,3,5H2,1-2H3. The molecule has 1 heterocycles. The Morgan fingerprint density at radius 3 is 3.00 bits per heavy atom. The van der Waals surface area contributed by atoms with Crippen molar-refractivity contribution >= 4 is 0 Å². The molecule has 0 fully saturated rings. The molecule has 0 atom stereocenters. The Labute approximate surface area is 65.4 Å². The van der Waals surface area contributed by atoms with Gasteiger partial charge in [0.15, 0.2) is 0 Å². The molecule has 62 valence electrons. The molecule has 11 heavy (non-hydrogen) atoms. The lowest BCUT2D eigenvalue weighted by Gasteiger charge is -1.98. The number of hydrogen-bond acceptors (Lipinski definition) is 3. The van der Waals surface area contributed by atoms with Gasteiger partial charge in [0.05, 0.1) is 18.8 Å². The third kappa shape index (κ3) is 1.71. The maximum Gasteiger partial charge on any atom is 0.238 e. The number of aliphatic hydroxyl groups is 1. The van der Waals surface area contributed by atoms with Gasteiger partial charge >= 0.3 is 0 Å². The van der Waals surface area contributed by atoms with Crippen LogP contribution in [0.2, 0.25) is 0 Å². The fourth-order valence-corrected chi connectivity index (χ4v) is 0.884. The number of hydrogen-bond donors (Lipinski definition) is 1. The van der Waals surface area contributed by atoms with Crippen molar-refractivity contribution in [2.24, 2.45) is 7.05 Å². The van der Waals surface area contributed by atoms with Gasteiger partial charge in [-0.05, 0) is 6.92 Å². The average Bonchev–Trinajstić information content (AvgIpc) is 2.32. The van der Waals surface area contributed by atoms with Crippen molar-refractivity contribution in [3.05, 3.63) is 11.8 Å². The van der Waals surface area contributed by atoms with Crippen molar-refractivity contribution < 1.29 is 9.84 Å². The molecule has 0 unspecified atom stereocenters. The van der Waals surface area contributed by atoms with Crippen LogP contribution in [0.5, 0.6) is 5.88 Å². The van der Waals surface area contributed by atoms with E-state index in [-0.39, 0.29) is 6.61 Å². The van der Waals surface area contributed by atoms with E-state index in [1.165, 1.54) is 0 Å². The molecule has 0 aliphatic rings. The van der Waals surface area contributed by atoms with E-state index >= 15 is 0 Å². The zero-order valence-corrected chi connectivity index (χ0v) is 6.74. The van der Waals surface area contributed by atoms with Gasteiger partial charge < -0.3 is 9.84 Å². The van der Waals surface area contributed by atoms with E-state index in [0.717, 1.165) is 5.56 Å². The molecule has 1 aromatic rings. The minimum absolute atomic E-state index is 0.0246. The van der Waals surface area contributed by atoms with Crippen LogP contribution in [0.15, 0.2) is 6.20 Å². The number of aryl methyl sites for hydroxylation is 1. The highest BCUT2D eigenvalue weighted by atomic mass is 16.5. The Hall–Kier alpha value is -1.03. The first-order chi connectivity index (χ1) is 5.27. The summed E-state index contributed by atoms with van der Waals surface area (Å²) < 4.78 is 6.78. The second-order valence-electron chi connectivity index (χ2n) is 2.22. The van der Waals surface area contributed by atoms with Gasteiger partial charge in [0.1, 0.15) is 0 Å². The van der Waals surface area contributed by atoms with Crippen LogP contribution in [0.25, 0.3) is 0 Å². The third-order valence-corrected chi connectivity index (χ3v) is 1.32. The number of aliphatic hydroxyl groups excluding tert-OH is 1. The maximum absolute atomic E-state index is 8.83. The zero-order valence-electron chi connectivity index (χ0n) is 6.74. The largest absolute Gasteiger partial charge is 0.477 e. The average molecular weight is 156 g/mol. The normalized spacial score (nSPS) is 10.1. The second kappa shape index (κ2) is 3.39. The third-order valence-electron chi connectivity index (χ3n) is 1.32. The van der Waals surface area contributed by atoms with Crippen molar-refractivity contribution in [2.75, 3.05) is 6.61 Å². The van der Waals surface area contributed by atoms with Crippen molar-refractivity contribution in [1.29, 1.82) is 0 Å². The van der Waals surface area contributed by atoms with Gasteiger partial charge in [-0.1, -0.05) is 0 Å². The molecule has 0 spiro atoms. The molecule has 0 aromatic carbocycles. The Bertz CT molecular complexity index is 232. The van der Waals surface area contributed by atoms with E-state index in [9.17, 15) is 0 Å². The van der Waals surface area contributed by atoms with Crippen LogP contribution >= 0.6 is 0 Å². The Morgan fingerprint density at radius 2 is 2.45 bits per heavy atom. The van der Waals surface area contributed by atoms with Gasteiger partial charge in [0.2, 0.25) is 5.88 Å². The number of aromatic nitrogens is 2. The highest BCUT2D eigenvalue weighted by molar-refractivity contribution is 5.21. The van der Waals surface area contributed by atoms with E-state index in [1.54, 1.807) is 17.9 Å². The molecule has 1 N–H and O–H groups in total. The molecule has 0 saturated heterocycles. The smallest absolute Gasteiger partial charge is 0.238 e.